The van der Waals surface area contributed by atoms with Crippen molar-refractivity contribution in [2.24, 2.45) is 0 Å². The molecule has 0 aliphatic carbocycles. The molecule has 1 aliphatic heterocycles. The van der Waals surface area contributed by atoms with Gasteiger partial charge in [0.15, 0.2) is 0 Å². The third-order valence-electron chi connectivity index (χ3n) is 4.49. The van der Waals surface area contributed by atoms with Crippen LogP contribution >= 0.6 is 0 Å². The molecular formula is C20H23N3. The van der Waals surface area contributed by atoms with Gasteiger partial charge in [-0.05, 0) is 29.7 Å². The van der Waals surface area contributed by atoms with E-state index in [0.29, 0.717) is 0 Å². The normalized spacial score (nSPS) is 16.1. The van der Waals surface area contributed by atoms with Gasteiger partial charge in [-0.25, -0.2) is 0 Å². The van der Waals surface area contributed by atoms with Gasteiger partial charge < -0.3 is 4.90 Å². The zero-order chi connectivity index (χ0) is 15.9. The average molecular weight is 305 g/mol. The predicted molar refractivity (Wildman–Crippen MR) is 93.0 cm³/mol. The molecule has 1 saturated heterocycles. The molecule has 0 spiro atoms. The number of rotatable bonds is 5. The molecule has 0 amide bonds. The summed E-state index contributed by atoms with van der Waals surface area (Å²) in [6.45, 7) is 6.55. The molecule has 0 radical (unpaired) electrons. The van der Waals surface area contributed by atoms with Crippen molar-refractivity contribution in [1.29, 1.82) is 5.26 Å². The van der Waals surface area contributed by atoms with E-state index in [1.54, 1.807) is 0 Å². The fourth-order valence-electron chi connectivity index (χ4n) is 3.10. The second kappa shape index (κ2) is 7.92. The fourth-order valence-corrected chi connectivity index (χ4v) is 3.10. The van der Waals surface area contributed by atoms with Gasteiger partial charge in [-0.2, -0.15) is 5.26 Å². The van der Waals surface area contributed by atoms with Crippen LogP contribution in [-0.4, -0.2) is 42.5 Å². The largest absolute Gasteiger partial charge is 0.300 e. The highest BCUT2D eigenvalue weighted by atomic mass is 15.3. The highest BCUT2D eigenvalue weighted by molar-refractivity contribution is 5.32. The first-order chi connectivity index (χ1) is 11.3. The van der Waals surface area contributed by atoms with Gasteiger partial charge in [-0.3, -0.25) is 4.90 Å². The Morgan fingerprint density at radius 1 is 0.826 bits per heavy atom. The molecule has 3 rings (SSSR count). The minimum Gasteiger partial charge on any atom is -0.300 e. The molecule has 118 valence electrons. The molecule has 0 aromatic heterocycles. The first-order valence-corrected chi connectivity index (χ1v) is 8.31. The zero-order valence-corrected chi connectivity index (χ0v) is 13.5. The SMILES string of the molecule is N#Cc1cccc(CN2CCN(CCc3ccccc3)CC2)c1. The van der Waals surface area contributed by atoms with E-state index in [9.17, 15) is 0 Å². The molecule has 1 fully saturated rings. The molecule has 0 bridgehead atoms. The molecule has 1 heterocycles. The third-order valence-corrected chi connectivity index (χ3v) is 4.49. The van der Waals surface area contributed by atoms with Crippen molar-refractivity contribution >= 4 is 0 Å². The van der Waals surface area contributed by atoms with E-state index >= 15 is 0 Å². The van der Waals surface area contributed by atoms with Crippen molar-refractivity contribution in [1.82, 2.24) is 9.80 Å². The van der Waals surface area contributed by atoms with Crippen LogP contribution in [0.25, 0.3) is 0 Å². The molecule has 0 N–H and O–H groups in total. The lowest BCUT2D eigenvalue weighted by Gasteiger charge is -2.34. The summed E-state index contributed by atoms with van der Waals surface area (Å²) < 4.78 is 0. The highest BCUT2D eigenvalue weighted by Crippen LogP contribution is 2.11. The van der Waals surface area contributed by atoms with Crippen molar-refractivity contribution < 1.29 is 0 Å². The minimum absolute atomic E-state index is 0.754. The zero-order valence-electron chi connectivity index (χ0n) is 13.5. The smallest absolute Gasteiger partial charge is 0.0991 e. The summed E-state index contributed by atoms with van der Waals surface area (Å²) in [6.07, 6.45) is 1.13. The van der Waals surface area contributed by atoms with Crippen LogP contribution in [0.3, 0.4) is 0 Å². The van der Waals surface area contributed by atoms with Gasteiger partial charge in [-0.1, -0.05) is 42.5 Å². The van der Waals surface area contributed by atoms with Crippen molar-refractivity contribution in [3.8, 4) is 6.07 Å². The van der Waals surface area contributed by atoms with E-state index in [4.69, 9.17) is 5.26 Å². The number of nitrogens with zero attached hydrogens (tertiary/aromatic N) is 3. The maximum absolute atomic E-state index is 8.99. The van der Waals surface area contributed by atoms with Crippen LogP contribution in [0.4, 0.5) is 0 Å². The van der Waals surface area contributed by atoms with Crippen LogP contribution in [0.1, 0.15) is 16.7 Å². The lowest BCUT2D eigenvalue weighted by molar-refractivity contribution is 0.128. The lowest BCUT2D eigenvalue weighted by Crippen LogP contribution is -2.46. The van der Waals surface area contributed by atoms with E-state index in [1.807, 2.05) is 18.2 Å². The molecule has 2 aromatic carbocycles. The molecule has 1 aliphatic rings. The van der Waals surface area contributed by atoms with Crippen LogP contribution in [0, 0.1) is 11.3 Å². The second-order valence-corrected chi connectivity index (χ2v) is 6.17. The highest BCUT2D eigenvalue weighted by Gasteiger charge is 2.16. The van der Waals surface area contributed by atoms with Crippen molar-refractivity contribution in [3.63, 3.8) is 0 Å². The molecular weight excluding hydrogens is 282 g/mol. The van der Waals surface area contributed by atoms with E-state index in [1.165, 1.54) is 11.1 Å². The van der Waals surface area contributed by atoms with Crippen LogP contribution in [0.2, 0.25) is 0 Å². The van der Waals surface area contributed by atoms with Gasteiger partial charge in [0.25, 0.3) is 0 Å². The van der Waals surface area contributed by atoms with Crippen LogP contribution in [0.5, 0.6) is 0 Å². The summed E-state index contributed by atoms with van der Waals surface area (Å²) in [4.78, 5) is 5.03. The predicted octanol–water partition coefficient (Wildman–Crippen LogP) is 2.92. The van der Waals surface area contributed by atoms with Crippen molar-refractivity contribution in [2.75, 3.05) is 32.7 Å². The molecule has 3 heteroatoms. The summed E-state index contributed by atoms with van der Waals surface area (Å²) in [6, 6.07) is 20.9. The van der Waals surface area contributed by atoms with Gasteiger partial charge in [0.1, 0.15) is 0 Å². The van der Waals surface area contributed by atoms with Crippen LogP contribution in [0.15, 0.2) is 54.6 Å². The van der Waals surface area contributed by atoms with Crippen LogP contribution in [-0.2, 0) is 13.0 Å². The number of nitriles is 1. The monoisotopic (exact) mass is 305 g/mol. The molecule has 0 atom stereocenters. The lowest BCUT2D eigenvalue weighted by atomic mass is 10.1. The van der Waals surface area contributed by atoms with Gasteiger partial charge in [0.2, 0.25) is 0 Å². The van der Waals surface area contributed by atoms with Crippen LogP contribution < -0.4 is 0 Å². The van der Waals surface area contributed by atoms with E-state index in [0.717, 1.165) is 51.3 Å². The Kier molecular flexibility index (Phi) is 5.42. The number of hydrogen-bond acceptors (Lipinski definition) is 3. The first-order valence-electron chi connectivity index (χ1n) is 8.31. The third kappa shape index (κ3) is 4.66. The molecule has 0 unspecified atom stereocenters. The minimum atomic E-state index is 0.754. The summed E-state index contributed by atoms with van der Waals surface area (Å²) in [5.41, 5.74) is 3.41. The molecule has 23 heavy (non-hydrogen) atoms. The van der Waals surface area contributed by atoms with Gasteiger partial charge in [0.05, 0.1) is 11.6 Å². The summed E-state index contributed by atoms with van der Waals surface area (Å²) in [7, 11) is 0. The number of hydrogen-bond donors (Lipinski definition) is 0. The van der Waals surface area contributed by atoms with Gasteiger partial charge in [-0.15, -0.1) is 0 Å². The van der Waals surface area contributed by atoms with Crippen molar-refractivity contribution in [2.45, 2.75) is 13.0 Å². The molecule has 3 nitrogen and oxygen atoms in total. The number of piperazine rings is 1. The van der Waals surface area contributed by atoms with Crippen molar-refractivity contribution in [3.05, 3.63) is 71.3 Å². The Morgan fingerprint density at radius 3 is 2.26 bits per heavy atom. The first kappa shape index (κ1) is 15.7. The maximum Gasteiger partial charge on any atom is 0.0991 e. The second-order valence-electron chi connectivity index (χ2n) is 6.17. The summed E-state index contributed by atoms with van der Waals surface area (Å²) >= 11 is 0. The summed E-state index contributed by atoms with van der Waals surface area (Å²) in [5, 5.41) is 8.99. The molecule has 0 saturated carbocycles. The molecule has 2 aromatic rings. The Morgan fingerprint density at radius 2 is 1.52 bits per heavy atom. The standard InChI is InChI=1S/C20H23N3/c21-16-19-7-4-8-20(15-19)17-23-13-11-22(12-14-23)10-9-18-5-2-1-3-6-18/h1-8,15H,9-14,17H2. The van der Waals surface area contributed by atoms with E-state index < -0.39 is 0 Å². The Labute approximate surface area is 138 Å². The Hall–Kier alpha value is -2.15. The van der Waals surface area contributed by atoms with Gasteiger partial charge in [0, 0.05) is 39.3 Å². The van der Waals surface area contributed by atoms with E-state index in [-0.39, 0.29) is 0 Å². The quantitative estimate of drug-likeness (QED) is 0.851. The topological polar surface area (TPSA) is 30.3 Å². The Bertz CT molecular complexity index is 652. The maximum atomic E-state index is 8.99. The number of benzene rings is 2. The average Bonchev–Trinajstić information content (AvgIpc) is 2.62. The summed E-state index contributed by atoms with van der Waals surface area (Å²) in [5.74, 6) is 0. The Balaban J connectivity index is 1.44. The van der Waals surface area contributed by atoms with Gasteiger partial charge >= 0.3 is 0 Å². The fraction of sp³-hybridized carbons (Fsp3) is 0.350. The van der Waals surface area contributed by atoms with E-state index in [2.05, 4.69) is 52.3 Å².